The fourth-order valence-corrected chi connectivity index (χ4v) is 4.21. The minimum atomic E-state index is -0.499. The quantitative estimate of drug-likeness (QED) is 0.610. The Bertz CT molecular complexity index is 1100. The maximum Gasteiger partial charge on any atom is 0.410 e. The van der Waals surface area contributed by atoms with Crippen molar-refractivity contribution in [2.24, 2.45) is 0 Å². The highest BCUT2D eigenvalue weighted by Crippen LogP contribution is 2.25. The van der Waals surface area contributed by atoms with E-state index in [-0.39, 0.29) is 12.0 Å². The van der Waals surface area contributed by atoms with Crippen molar-refractivity contribution in [2.75, 3.05) is 36.4 Å². The number of nitrogens with one attached hydrogen (secondary N) is 1. The molecule has 0 aliphatic carbocycles. The van der Waals surface area contributed by atoms with Gasteiger partial charge in [0.25, 0.3) is 5.91 Å². The monoisotopic (exact) mass is 465 g/mol. The zero-order chi connectivity index (χ0) is 23.4. The third kappa shape index (κ3) is 5.87. The molecule has 0 radical (unpaired) electrons. The Labute approximate surface area is 197 Å². The van der Waals surface area contributed by atoms with Gasteiger partial charge in [0.1, 0.15) is 21.3 Å². The Morgan fingerprint density at radius 1 is 0.970 bits per heavy atom. The minimum absolute atomic E-state index is 0.235. The molecule has 1 N–H and O–H groups in total. The highest BCUT2D eigenvalue weighted by atomic mass is 32.1. The summed E-state index contributed by atoms with van der Waals surface area (Å²) in [4.78, 5) is 38.0. The third-order valence-corrected chi connectivity index (χ3v) is 6.08. The Balaban J connectivity index is 1.31. The van der Waals surface area contributed by atoms with Crippen molar-refractivity contribution >= 4 is 34.8 Å². The first kappa shape index (κ1) is 22.7. The summed E-state index contributed by atoms with van der Waals surface area (Å²) in [6, 6.07) is 13.5. The number of hydrogen-bond acceptors (Lipinski definition) is 7. The average Bonchev–Trinajstić information content (AvgIpc) is 3.30. The van der Waals surface area contributed by atoms with Crippen LogP contribution in [-0.2, 0) is 4.74 Å². The van der Waals surface area contributed by atoms with Gasteiger partial charge in [0.15, 0.2) is 0 Å². The lowest BCUT2D eigenvalue weighted by molar-refractivity contribution is 0.0240. The molecular formula is C24H27N5O3S. The van der Waals surface area contributed by atoms with E-state index in [2.05, 4.69) is 20.2 Å². The van der Waals surface area contributed by atoms with E-state index in [1.165, 1.54) is 11.3 Å². The van der Waals surface area contributed by atoms with Crippen molar-refractivity contribution in [3.05, 3.63) is 59.7 Å². The zero-order valence-corrected chi connectivity index (χ0v) is 19.8. The summed E-state index contributed by atoms with van der Waals surface area (Å²) >= 11 is 1.34. The molecule has 9 heteroatoms. The van der Waals surface area contributed by atoms with Crippen molar-refractivity contribution < 1.29 is 14.3 Å². The number of piperazine rings is 1. The number of ether oxygens (including phenoxy) is 1. The summed E-state index contributed by atoms with van der Waals surface area (Å²) in [6.07, 6.45) is 3.04. The van der Waals surface area contributed by atoms with Gasteiger partial charge in [-0.1, -0.05) is 30.3 Å². The second-order valence-electron chi connectivity index (χ2n) is 8.71. The van der Waals surface area contributed by atoms with E-state index in [9.17, 15) is 9.59 Å². The molecule has 0 saturated carbocycles. The summed E-state index contributed by atoms with van der Waals surface area (Å²) in [5, 5.41) is 3.63. The van der Waals surface area contributed by atoms with Gasteiger partial charge in [0.2, 0.25) is 0 Å². The van der Waals surface area contributed by atoms with Crippen LogP contribution in [0.2, 0.25) is 0 Å². The van der Waals surface area contributed by atoms with E-state index >= 15 is 0 Å². The van der Waals surface area contributed by atoms with Crippen LogP contribution >= 0.6 is 11.3 Å². The molecule has 2 aromatic heterocycles. The number of aromatic nitrogens is 2. The Hall–Kier alpha value is -3.46. The molecule has 2 amide bonds. The van der Waals surface area contributed by atoms with Gasteiger partial charge in [0.05, 0.1) is 18.1 Å². The summed E-state index contributed by atoms with van der Waals surface area (Å²) in [6.45, 7) is 8.15. The second-order valence-corrected chi connectivity index (χ2v) is 9.74. The van der Waals surface area contributed by atoms with Gasteiger partial charge in [-0.25, -0.2) is 14.8 Å². The summed E-state index contributed by atoms with van der Waals surface area (Å²) in [5.41, 5.74) is 1.43. The first-order chi connectivity index (χ1) is 15.8. The van der Waals surface area contributed by atoms with Crippen LogP contribution in [0.3, 0.4) is 0 Å². The number of amides is 2. The molecule has 1 aliphatic heterocycles. The largest absolute Gasteiger partial charge is 0.444 e. The molecule has 33 heavy (non-hydrogen) atoms. The van der Waals surface area contributed by atoms with Crippen LogP contribution in [0.5, 0.6) is 0 Å². The number of benzene rings is 1. The Morgan fingerprint density at radius 3 is 2.33 bits per heavy atom. The number of hydrogen-bond donors (Lipinski definition) is 1. The molecule has 172 valence electrons. The van der Waals surface area contributed by atoms with Crippen LogP contribution in [-0.4, -0.2) is 58.6 Å². The number of thiazole rings is 1. The fourth-order valence-electron chi connectivity index (χ4n) is 3.39. The number of pyridine rings is 1. The van der Waals surface area contributed by atoms with Crippen LogP contribution < -0.4 is 10.2 Å². The number of nitrogens with zero attached hydrogens (tertiary/aromatic N) is 4. The molecule has 0 bridgehead atoms. The highest BCUT2D eigenvalue weighted by molar-refractivity contribution is 7.17. The van der Waals surface area contributed by atoms with Crippen molar-refractivity contribution in [3.8, 4) is 10.6 Å². The molecule has 0 atom stereocenters. The smallest absolute Gasteiger partial charge is 0.410 e. The van der Waals surface area contributed by atoms with Gasteiger partial charge < -0.3 is 19.9 Å². The average molecular weight is 466 g/mol. The summed E-state index contributed by atoms with van der Waals surface area (Å²) < 4.78 is 5.45. The van der Waals surface area contributed by atoms with Crippen molar-refractivity contribution in [2.45, 2.75) is 26.4 Å². The highest BCUT2D eigenvalue weighted by Gasteiger charge is 2.26. The molecule has 8 nitrogen and oxygen atoms in total. The van der Waals surface area contributed by atoms with Gasteiger partial charge in [-0.15, -0.1) is 11.3 Å². The van der Waals surface area contributed by atoms with Gasteiger partial charge in [-0.2, -0.15) is 0 Å². The maximum absolute atomic E-state index is 12.6. The Morgan fingerprint density at radius 2 is 1.70 bits per heavy atom. The molecule has 0 unspecified atom stereocenters. The molecule has 1 saturated heterocycles. The van der Waals surface area contributed by atoms with Gasteiger partial charge in [0, 0.05) is 31.7 Å². The SMILES string of the molecule is CC(C)(C)OC(=O)N1CCN(c2ccc(NC(=O)c3cnc(-c4ccccc4)s3)nc2)CC1. The predicted octanol–water partition coefficient (Wildman–Crippen LogP) is 4.51. The van der Waals surface area contributed by atoms with Crippen LogP contribution in [0.25, 0.3) is 10.6 Å². The molecular weight excluding hydrogens is 438 g/mol. The topological polar surface area (TPSA) is 87.7 Å². The summed E-state index contributed by atoms with van der Waals surface area (Å²) in [5.74, 6) is 0.242. The van der Waals surface area contributed by atoms with Gasteiger partial charge >= 0.3 is 6.09 Å². The van der Waals surface area contributed by atoms with E-state index in [1.54, 1.807) is 23.4 Å². The van der Waals surface area contributed by atoms with Crippen LogP contribution in [0.4, 0.5) is 16.3 Å². The first-order valence-corrected chi connectivity index (χ1v) is 11.6. The normalized spacial score (nSPS) is 14.2. The van der Waals surface area contributed by atoms with Gasteiger partial charge in [-0.05, 0) is 32.9 Å². The maximum atomic E-state index is 12.6. The molecule has 4 rings (SSSR count). The van der Waals surface area contributed by atoms with Crippen LogP contribution in [0.15, 0.2) is 54.9 Å². The standard InChI is InChI=1S/C24H27N5O3S/c1-24(2,3)32-23(31)29-13-11-28(12-14-29)18-9-10-20(25-15-18)27-21(30)19-16-26-22(33-19)17-7-5-4-6-8-17/h4-10,15-16H,11-14H2,1-3H3,(H,25,27,30). The van der Waals surface area contributed by atoms with Crippen LogP contribution in [0, 0.1) is 0 Å². The molecule has 3 heterocycles. The van der Waals surface area contributed by atoms with Crippen LogP contribution in [0.1, 0.15) is 30.4 Å². The summed E-state index contributed by atoms with van der Waals surface area (Å²) in [7, 11) is 0. The number of rotatable bonds is 4. The van der Waals surface area contributed by atoms with Crippen molar-refractivity contribution in [1.29, 1.82) is 0 Å². The van der Waals surface area contributed by atoms with Crippen molar-refractivity contribution in [3.63, 3.8) is 0 Å². The number of carbonyl (C=O) groups excluding carboxylic acids is 2. The molecule has 3 aromatic rings. The third-order valence-electron chi connectivity index (χ3n) is 5.04. The van der Waals surface area contributed by atoms with E-state index in [4.69, 9.17) is 4.74 Å². The zero-order valence-electron chi connectivity index (χ0n) is 18.9. The van der Waals surface area contributed by atoms with E-state index in [0.717, 1.165) is 16.3 Å². The minimum Gasteiger partial charge on any atom is -0.444 e. The van der Waals surface area contributed by atoms with E-state index in [0.29, 0.717) is 36.9 Å². The predicted molar refractivity (Wildman–Crippen MR) is 130 cm³/mol. The molecule has 0 spiro atoms. The number of carbonyl (C=O) groups is 2. The first-order valence-electron chi connectivity index (χ1n) is 10.8. The lowest BCUT2D eigenvalue weighted by Crippen LogP contribution is -2.50. The molecule has 1 aromatic carbocycles. The second kappa shape index (κ2) is 9.58. The lowest BCUT2D eigenvalue weighted by Gasteiger charge is -2.36. The fraction of sp³-hybridized carbons (Fsp3) is 0.333. The van der Waals surface area contributed by atoms with Crippen molar-refractivity contribution in [1.82, 2.24) is 14.9 Å². The molecule has 1 fully saturated rings. The van der Waals surface area contributed by atoms with E-state index in [1.807, 2.05) is 57.2 Å². The lowest BCUT2D eigenvalue weighted by atomic mass is 10.2. The van der Waals surface area contributed by atoms with E-state index < -0.39 is 5.60 Å². The number of anilines is 2. The molecule has 1 aliphatic rings. The Kier molecular flexibility index (Phi) is 6.60. The van der Waals surface area contributed by atoms with Gasteiger partial charge in [-0.3, -0.25) is 4.79 Å².